The molecule has 0 aliphatic carbocycles. The lowest BCUT2D eigenvalue weighted by Crippen LogP contribution is -2.29. The zero-order valence-electron chi connectivity index (χ0n) is 17.4. The van der Waals surface area contributed by atoms with Crippen molar-refractivity contribution in [2.24, 2.45) is 5.10 Å². The van der Waals surface area contributed by atoms with Gasteiger partial charge in [-0.05, 0) is 36.4 Å². The highest BCUT2D eigenvalue weighted by molar-refractivity contribution is 6.35. The molecule has 0 saturated heterocycles. The average molecular weight is 488 g/mol. The van der Waals surface area contributed by atoms with Crippen molar-refractivity contribution in [3.05, 3.63) is 99.3 Å². The van der Waals surface area contributed by atoms with Crippen molar-refractivity contribution >= 4 is 41.2 Å². The van der Waals surface area contributed by atoms with Gasteiger partial charge >= 0.3 is 0 Å². The molecule has 9 heteroatoms. The Morgan fingerprint density at radius 3 is 2.58 bits per heavy atom. The largest absolute Gasteiger partial charge is 0.488 e. The molecule has 0 aromatic heterocycles. The molecule has 0 atom stereocenters. The van der Waals surface area contributed by atoms with Crippen molar-refractivity contribution < 1.29 is 18.7 Å². The summed E-state index contributed by atoms with van der Waals surface area (Å²) in [7, 11) is 0. The number of nitrogens with zero attached hydrogens (tertiary/aromatic N) is 1. The number of carbonyl (C=O) groups is 2. The minimum Gasteiger partial charge on any atom is -0.488 e. The Kier molecular flexibility index (Phi) is 8.80. The van der Waals surface area contributed by atoms with Gasteiger partial charge in [0, 0.05) is 34.1 Å². The Hall–Kier alpha value is -3.42. The molecule has 3 rings (SSSR count). The number of ether oxygens (including phenoxy) is 1. The maximum atomic E-state index is 13.6. The van der Waals surface area contributed by atoms with Crippen LogP contribution in [-0.2, 0) is 11.4 Å². The zero-order chi connectivity index (χ0) is 23.6. The van der Waals surface area contributed by atoms with Gasteiger partial charge in [-0.25, -0.2) is 9.82 Å². The molecule has 0 heterocycles. The Bertz CT molecular complexity index is 1170. The summed E-state index contributed by atoms with van der Waals surface area (Å²) in [5, 5.41) is 7.48. The highest BCUT2D eigenvalue weighted by atomic mass is 35.5. The van der Waals surface area contributed by atoms with Crippen LogP contribution >= 0.6 is 23.2 Å². The molecule has 2 amide bonds. The topological polar surface area (TPSA) is 79.8 Å². The van der Waals surface area contributed by atoms with Crippen molar-refractivity contribution in [3.63, 3.8) is 0 Å². The Labute approximate surface area is 200 Å². The van der Waals surface area contributed by atoms with Crippen LogP contribution in [0.2, 0.25) is 10.0 Å². The Morgan fingerprint density at radius 1 is 1.03 bits per heavy atom. The average Bonchev–Trinajstić information content (AvgIpc) is 2.79. The zero-order valence-corrected chi connectivity index (χ0v) is 18.9. The summed E-state index contributed by atoms with van der Waals surface area (Å²) in [6.45, 7) is 0.269. The molecular weight excluding hydrogens is 468 g/mol. The van der Waals surface area contributed by atoms with Crippen LogP contribution in [0.25, 0.3) is 0 Å². The lowest BCUT2D eigenvalue weighted by Gasteiger charge is -2.10. The van der Waals surface area contributed by atoms with Gasteiger partial charge in [0.2, 0.25) is 5.91 Å². The highest BCUT2D eigenvalue weighted by Gasteiger charge is 2.11. The number of nitrogens with one attached hydrogen (secondary N) is 2. The van der Waals surface area contributed by atoms with Crippen molar-refractivity contribution in [2.45, 2.75) is 13.0 Å². The summed E-state index contributed by atoms with van der Waals surface area (Å²) in [4.78, 5) is 23.9. The van der Waals surface area contributed by atoms with Crippen molar-refractivity contribution in [2.75, 3.05) is 6.54 Å². The third-order valence-corrected chi connectivity index (χ3v) is 5.05. The first-order valence-corrected chi connectivity index (χ1v) is 10.7. The minimum absolute atomic E-state index is 0.0231. The van der Waals surface area contributed by atoms with Crippen LogP contribution in [-0.4, -0.2) is 24.6 Å². The van der Waals surface area contributed by atoms with Crippen LogP contribution in [0.5, 0.6) is 5.75 Å². The summed E-state index contributed by atoms with van der Waals surface area (Å²) in [6, 6.07) is 17.9. The fourth-order valence-electron chi connectivity index (χ4n) is 2.77. The maximum Gasteiger partial charge on any atom is 0.254 e. The number of halogens is 3. The maximum absolute atomic E-state index is 13.6. The summed E-state index contributed by atoms with van der Waals surface area (Å²) < 4.78 is 19.4. The van der Waals surface area contributed by atoms with Crippen LogP contribution in [0.3, 0.4) is 0 Å². The van der Waals surface area contributed by atoms with Gasteiger partial charge in [-0.3, -0.25) is 9.59 Å². The van der Waals surface area contributed by atoms with Gasteiger partial charge < -0.3 is 10.1 Å². The first-order chi connectivity index (χ1) is 15.9. The molecule has 0 spiro atoms. The number of benzene rings is 3. The van der Waals surface area contributed by atoms with Gasteiger partial charge in [0.25, 0.3) is 5.91 Å². The van der Waals surface area contributed by atoms with E-state index in [4.69, 9.17) is 27.9 Å². The van der Waals surface area contributed by atoms with E-state index in [2.05, 4.69) is 15.8 Å². The van der Waals surface area contributed by atoms with Crippen molar-refractivity contribution in [1.29, 1.82) is 0 Å². The van der Waals surface area contributed by atoms with Crippen LogP contribution in [0.1, 0.15) is 27.9 Å². The predicted octanol–water partition coefficient (Wildman–Crippen LogP) is 4.98. The van der Waals surface area contributed by atoms with Gasteiger partial charge in [-0.2, -0.15) is 5.10 Å². The Morgan fingerprint density at radius 2 is 1.79 bits per heavy atom. The third kappa shape index (κ3) is 7.30. The molecule has 33 heavy (non-hydrogen) atoms. The number of rotatable bonds is 9. The molecule has 0 aliphatic heterocycles. The molecule has 0 unspecified atom stereocenters. The summed E-state index contributed by atoms with van der Waals surface area (Å²) in [5.41, 5.74) is 3.73. The van der Waals surface area contributed by atoms with Crippen LogP contribution in [0.4, 0.5) is 4.39 Å². The molecular formula is C24H20Cl2FN3O3. The second-order valence-corrected chi connectivity index (χ2v) is 7.68. The number of carbonyl (C=O) groups excluding carboxylic acids is 2. The SMILES string of the molecule is O=C(CCNC(=O)c1ccccc1F)NN=Cc1ccccc1OCc1ccc(Cl)cc1Cl. The van der Waals surface area contributed by atoms with Gasteiger partial charge in [0.15, 0.2) is 0 Å². The molecule has 3 aromatic rings. The molecule has 0 aliphatic rings. The monoisotopic (exact) mass is 487 g/mol. The summed E-state index contributed by atoms with van der Waals surface area (Å²) in [6.07, 6.45) is 1.43. The second-order valence-electron chi connectivity index (χ2n) is 6.84. The number of hydrogen-bond acceptors (Lipinski definition) is 4. The number of hydrazone groups is 1. The van der Waals surface area contributed by atoms with E-state index in [0.717, 1.165) is 5.56 Å². The number of hydrogen-bond donors (Lipinski definition) is 2. The fraction of sp³-hybridized carbons (Fsp3) is 0.125. The van der Waals surface area contributed by atoms with E-state index in [1.807, 2.05) is 12.1 Å². The van der Waals surface area contributed by atoms with E-state index in [1.54, 1.807) is 36.4 Å². The van der Waals surface area contributed by atoms with E-state index >= 15 is 0 Å². The second kappa shape index (κ2) is 12.0. The Balaban J connectivity index is 1.48. The first-order valence-electron chi connectivity index (χ1n) is 9.94. The minimum atomic E-state index is -0.622. The van der Waals surface area contributed by atoms with Gasteiger partial charge in [0.05, 0.1) is 11.8 Å². The van der Waals surface area contributed by atoms with Crippen molar-refractivity contribution in [3.8, 4) is 5.75 Å². The van der Waals surface area contributed by atoms with Crippen LogP contribution in [0, 0.1) is 5.82 Å². The molecule has 0 bridgehead atoms. The molecule has 0 fully saturated rings. The molecule has 170 valence electrons. The normalized spacial score (nSPS) is 10.8. The van der Waals surface area contributed by atoms with Crippen molar-refractivity contribution in [1.82, 2.24) is 10.7 Å². The first kappa shape index (κ1) is 24.2. The van der Waals surface area contributed by atoms with Crippen LogP contribution in [0.15, 0.2) is 71.8 Å². The highest BCUT2D eigenvalue weighted by Crippen LogP contribution is 2.23. The third-order valence-electron chi connectivity index (χ3n) is 4.47. The van der Waals surface area contributed by atoms with Gasteiger partial charge in [0.1, 0.15) is 18.2 Å². The molecule has 0 saturated carbocycles. The lowest BCUT2D eigenvalue weighted by molar-refractivity contribution is -0.120. The fourth-order valence-corrected chi connectivity index (χ4v) is 3.24. The summed E-state index contributed by atoms with van der Waals surface area (Å²) in [5.74, 6) is -1.07. The molecule has 6 nitrogen and oxygen atoms in total. The van der Waals surface area contributed by atoms with E-state index in [1.165, 1.54) is 24.4 Å². The molecule has 2 N–H and O–H groups in total. The van der Waals surface area contributed by atoms with Gasteiger partial charge in [-0.15, -0.1) is 0 Å². The quantitative estimate of drug-likeness (QED) is 0.329. The standard InChI is InChI=1S/C24H20Cl2FN3O3/c25-18-10-9-17(20(26)13-18)15-33-22-8-4-1-5-16(22)14-29-30-23(31)11-12-28-24(32)19-6-2-3-7-21(19)27/h1-10,13-14H,11-12,15H2,(H,28,32)(H,30,31). The van der Waals surface area contributed by atoms with E-state index in [0.29, 0.717) is 21.4 Å². The smallest absolute Gasteiger partial charge is 0.254 e. The lowest BCUT2D eigenvalue weighted by atomic mass is 10.2. The van der Waals surface area contributed by atoms with Gasteiger partial charge in [-0.1, -0.05) is 53.5 Å². The predicted molar refractivity (Wildman–Crippen MR) is 126 cm³/mol. The number of para-hydroxylation sites is 1. The van der Waals surface area contributed by atoms with E-state index < -0.39 is 17.6 Å². The van der Waals surface area contributed by atoms with E-state index in [-0.39, 0.29) is 25.1 Å². The van der Waals surface area contributed by atoms with E-state index in [9.17, 15) is 14.0 Å². The summed E-state index contributed by atoms with van der Waals surface area (Å²) >= 11 is 12.1. The molecule has 0 radical (unpaired) electrons. The molecule has 3 aromatic carbocycles. The van der Waals surface area contributed by atoms with Crippen LogP contribution < -0.4 is 15.5 Å². The number of amides is 2.